The molecule has 0 fully saturated rings. The van der Waals surface area contributed by atoms with Gasteiger partial charge in [0.05, 0.1) is 12.7 Å². The Labute approximate surface area is 109 Å². The largest absolute Gasteiger partial charge is 0.478 e. The summed E-state index contributed by atoms with van der Waals surface area (Å²) in [5, 5.41) is 8.78. The van der Waals surface area contributed by atoms with Gasteiger partial charge in [0, 0.05) is 0 Å². The quantitative estimate of drug-likeness (QED) is 0.661. The van der Waals surface area contributed by atoms with Crippen LogP contribution in [-0.4, -0.2) is 18.2 Å². The highest BCUT2D eigenvalue weighted by atomic mass is 17.2. The molecule has 0 aliphatic carbocycles. The normalized spacial score (nSPS) is 9.95. The van der Waals surface area contributed by atoms with E-state index < -0.39 is 5.97 Å². The summed E-state index contributed by atoms with van der Waals surface area (Å²) < 4.78 is 5.56. The molecule has 0 unspecified atom stereocenters. The average Bonchev–Trinajstić information content (AvgIpc) is 2.42. The molecule has 5 nitrogen and oxygen atoms in total. The van der Waals surface area contributed by atoms with E-state index in [-0.39, 0.29) is 5.56 Å². The van der Waals surface area contributed by atoms with E-state index in [1.807, 2.05) is 0 Å². The van der Waals surface area contributed by atoms with Gasteiger partial charge in [-0.15, -0.1) is 0 Å². The molecule has 0 spiro atoms. The summed E-state index contributed by atoms with van der Waals surface area (Å²) in [5.41, 5.74) is 0.219. The molecule has 0 bridgehead atoms. The fraction of sp³-hybridized carbons (Fsp3) is 0.0714. The first-order chi connectivity index (χ1) is 9.19. The monoisotopic (exact) mass is 260 g/mol. The first kappa shape index (κ1) is 12.9. The molecule has 2 aromatic rings. The predicted molar refractivity (Wildman–Crippen MR) is 67.6 cm³/mol. The minimum Gasteiger partial charge on any atom is -0.478 e. The van der Waals surface area contributed by atoms with Crippen molar-refractivity contribution in [2.45, 2.75) is 0 Å². The highest BCUT2D eigenvalue weighted by Gasteiger charge is 2.03. The summed E-state index contributed by atoms with van der Waals surface area (Å²) in [6.07, 6.45) is 0. The van der Waals surface area contributed by atoms with Crippen molar-refractivity contribution in [3.05, 3.63) is 54.1 Å². The molecular weight excluding hydrogens is 248 g/mol. The van der Waals surface area contributed by atoms with Crippen LogP contribution < -0.4 is 9.62 Å². The van der Waals surface area contributed by atoms with Crippen molar-refractivity contribution in [2.75, 3.05) is 7.11 Å². The van der Waals surface area contributed by atoms with E-state index in [4.69, 9.17) is 14.7 Å². The van der Waals surface area contributed by atoms with Crippen LogP contribution in [0.2, 0.25) is 0 Å². The Bertz CT molecular complexity index is 545. The van der Waals surface area contributed by atoms with Gasteiger partial charge in [-0.3, -0.25) is 0 Å². The summed E-state index contributed by atoms with van der Waals surface area (Å²) in [6, 6.07) is 13.0. The molecule has 0 heterocycles. The number of benzene rings is 2. The van der Waals surface area contributed by atoms with Crippen molar-refractivity contribution in [2.24, 2.45) is 0 Å². The van der Waals surface area contributed by atoms with E-state index in [0.717, 1.165) is 0 Å². The molecule has 0 saturated carbocycles. The molecular formula is C14H12O5. The van der Waals surface area contributed by atoms with Gasteiger partial charge < -0.3 is 14.7 Å². The van der Waals surface area contributed by atoms with Crippen LogP contribution in [0.25, 0.3) is 0 Å². The minimum absolute atomic E-state index is 0.219. The van der Waals surface area contributed by atoms with Crippen LogP contribution >= 0.6 is 0 Å². The van der Waals surface area contributed by atoms with E-state index in [0.29, 0.717) is 17.2 Å². The molecule has 2 aromatic carbocycles. The molecule has 0 aliphatic rings. The molecule has 0 aliphatic heterocycles. The van der Waals surface area contributed by atoms with Gasteiger partial charge >= 0.3 is 5.97 Å². The van der Waals surface area contributed by atoms with E-state index in [1.54, 1.807) is 36.4 Å². The summed E-state index contributed by atoms with van der Waals surface area (Å²) in [6.45, 7) is 0. The zero-order valence-corrected chi connectivity index (χ0v) is 10.2. The zero-order chi connectivity index (χ0) is 13.7. The van der Waals surface area contributed by atoms with Gasteiger partial charge in [-0.1, -0.05) is 0 Å². The minimum atomic E-state index is -0.965. The number of carbonyl (C=O) groups is 1. The van der Waals surface area contributed by atoms with Crippen LogP contribution in [0.15, 0.2) is 48.5 Å². The Hall–Kier alpha value is -2.53. The molecule has 19 heavy (non-hydrogen) atoms. The second-order valence-corrected chi connectivity index (χ2v) is 3.65. The SMILES string of the molecule is COOc1ccc(Oc2ccc(C(=O)O)cc2)cc1. The third-order valence-corrected chi connectivity index (χ3v) is 2.34. The van der Waals surface area contributed by atoms with E-state index >= 15 is 0 Å². The van der Waals surface area contributed by atoms with Crippen molar-refractivity contribution in [3.8, 4) is 17.2 Å². The molecule has 0 aromatic heterocycles. The summed E-state index contributed by atoms with van der Waals surface area (Å²) >= 11 is 0. The Morgan fingerprint density at radius 3 is 1.84 bits per heavy atom. The van der Waals surface area contributed by atoms with Gasteiger partial charge in [0.25, 0.3) is 0 Å². The second-order valence-electron chi connectivity index (χ2n) is 3.65. The number of hydrogen-bond acceptors (Lipinski definition) is 4. The van der Waals surface area contributed by atoms with Crippen LogP contribution in [0.5, 0.6) is 17.2 Å². The van der Waals surface area contributed by atoms with Crippen LogP contribution in [0.1, 0.15) is 10.4 Å². The van der Waals surface area contributed by atoms with Crippen LogP contribution in [-0.2, 0) is 4.89 Å². The van der Waals surface area contributed by atoms with E-state index in [9.17, 15) is 4.79 Å². The molecule has 2 rings (SSSR count). The third-order valence-electron chi connectivity index (χ3n) is 2.34. The number of carboxylic acids is 1. The summed E-state index contributed by atoms with van der Waals surface area (Å²) in [7, 11) is 1.43. The maximum Gasteiger partial charge on any atom is 0.335 e. The van der Waals surface area contributed by atoms with Gasteiger partial charge in [-0.2, -0.15) is 4.89 Å². The predicted octanol–water partition coefficient (Wildman–Crippen LogP) is 3.12. The fourth-order valence-electron chi connectivity index (χ4n) is 1.46. The molecule has 5 heteroatoms. The Balaban J connectivity index is 2.06. The summed E-state index contributed by atoms with van der Waals surface area (Å²) in [4.78, 5) is 20.1. The van der Waals surface area contributed by atoms with Gasteiger partial charge in [0.15, 0.2) is 5.75 Å². The topological polar surface area (TPSA) is 65.0 Å². The molecule has 1 N–H and O–H groups in total. The lowest BCUT2D eigenvalue weighted by molar-refractivity contribution is -0.178. The fourth-order valence-corrected chi connectivity index (χ4v) is 1.46. The molecule has 0 saturated heterocycles. The standard InChI is InChI=1S/C14H12O5/c1-17-19-13-8-6-12(7-9-13)18-11-4-2-10(3-5-11)14(15)16/h2-9H,1H3,(H,15,16). The molecule has 0 radical (unpaired) electrons. The van der Waals surface area contributed by atoms with E-state index in [1.165, 1.54) is 19.2 Å². The van der Waals surface area contributed by atoms with Crippen LogP contribution in [0.3, 0.4) is 0 Å². The zero-order valence-electron chi connectivity index (χ0n) is 10.2. The Morgan fingerprint density at radius 1 is 0.895 bits per heavy atom. The molecule has 98 valence electrons. The number of hydrogen-bond donors (Lipinski definition) is 1. The highest BCUT2D eigenvalue weighted by Crippen LogP contribution is 2.24. The first-order valence-electron chi connectivity index (χ1n) is 5.51. The first-order valence-corrected chi connectivity index (χ1v) is 5.51. The van der Waals surface area contributed by atoms with Crippen molar-refractivity contribution < 1.29 is 24.4 Å². The van der Waals surface area contributed by atoms with Gasteiger partial charge in [-0.25, -0.2) is 4.79 Å². The lowest BCUT2D eigenvalue weighted by Gasteiger charge is -2.06. The number of aromatic carboxylic acids is 1. The Morgan fingerprint density at radius 2 is 1.37 bits per heavy atom. The van der Waals surface area contributed by atoms with Crippen LogP contribution in [0.4, 0.5) is 0 Å². The van der Waals surface area contributed by atoms with Gasteiger partial charge in [0.2, 0.25) is 0 Å². The molecule has 0 atom stereocenters. The average molecular weight is 260 g/mol. The Kier molecular flexibility index (Phi) is 4.00. The van der Waals surface area contributed by atoms with Gasteiger partial charge in [-0.05, 0) is 48.5 Å². The van der Waals surface area contributed by atoms with Crippen molar-refractivity contribution in [3.63, 3.8) is 0 Å². The number of rotatable bonds is 5. The summed E-state index contributed by atoms with van der Waals surface area (Å²) in [5.74, 6) is 0.778. The number of carboxylic acid groups (broad SMARTS) is 1. The maximum absolute atomic E-state index is 10.7. The van der Waals surface area contributed by atoms with Crippen molar-refractivity contribution in [1.29, 1.82) is 0 Å². The van der Waals surface area contributed by atoms with Gasteiger partial charge in [0.1, 0.15) is 11.5 Å². The van der Waals surface area contributed by atoms with Crippen molar-refractivity contribution >= 4 is 5.97 Å². The maximum atomic E-state index is 10.7. The molecule has 0 amide bonds. The van der Waals surface area contributed by atoms with E-state index in [2.05, 4.69) is 4.89 Å². The lowest BCUT2D eigenvalue weighted by Crippen LogP contribution is -1.95. The highest BCUT2D eigenvalue weighted by molar-refractivity contribution is 5.87. The smallest absolute Gasteiger partial charge is 0.335 e. The second kappa shape index (κ2) is 5.88. The van der Waals surface area contributed by atoms with Crippen LogP contribution in [0, 0.1) is 0 Å². The van der Waals surface area contributed by atoms with Crippen molar-refractivity contribution in [1.82, 2.24) is 0 Å². The number of ether oxygens (including phenoxy) is 1. The third kappa shape index (κ3) is 3.46. The lowest BCUT2D eigenvalue weighted by atomic mass is 10.2.